The van der Waals surface area contributed by atoms with Gasteiger partial charge in [-0.2, -0.15) is 0 Å². The summed E-state index contributed by atoms with van der Waals surface area (Å²) in [5.74, 6) is 2.60. The van der Waals surface area contributed by atoms with Crippen molar-refractivity contribution in [3.05, 3.63) is 29.8 Å². The Bertz CT molecular complexity index is 841. The largest absolute Gasteiger partial charge is 0.411 e. The number of carbonyl (C=O) groups is 1. The highest BCUT2D eigenvalue weighted by atomic mass is 32.2. The van der Waals surface area contributed by atoms with Gasteiger partial charge in [0.25, 0.3) is 5.22 Å². The van der Waals surface area contributed by atoms with Crippen LogP contribution < -0.4 is 0 Å². The Kier molecular flexibility index (Phi) is 6.00. The van der Waals surface area contributed by atoms with E-state index in [0.29, 0.717) is 22.8 Å². The SMILES string of the molecule is CC(C)(C)c1ccc(-c2nnc(SCC(=O)N3CC[C@@H]4CCCC[C@H]4C3)o2)cc1. The van der Waals surface area contributed by atoms with E-state index < -0.39 is 0 Å². The second kappa shape index (κ2) is 8.50. The number of carbonyl (C=O) groups excluding carboxylic acids is 1. The zero-order valence-corrected chi connectivity index (χ0v) is 18.5. The lowest BCUT2D eigenvalue weighted by Crippen LogP contribution is -2.45. The number of piperidine rings is 1. The van der Waals surface area contributed by atoms with Gasteiger partial charge in [-0.1, -0.05) is 63.9 Å². The third kappa shape index (κ3) is 4.85. The molecule has 2 aliphatic rings. The van der Waals surface area contributed by atoms with E-state index in [9.17, 15) is 4.79 Å². The van der Waals surface area contributed by atoms with Crippen LogP contribution in [0.4, 0.5) is 0 Å². The van der Waals surface area contributed by atoms with E-state index in [4.69, 9.17) is 4.42 Å². The first-order chi connectivity index (χ1) is 13.9. The van der Waals surface area contributed by atoms with E-state index in [1.165, 1.54) is 43.0 Å². The van der Waals surface area contributed by atoms with Crippen molar-refractivity contribution in [1.29, 1.82) is 0 Å². The number of rotatable bonds is 4. The maximum absolute atomic E-state index is 12.7. The summed E-state index contributed by atoms with van der Waals surface area (Å²) in [6.07, 6.45) is 6.48. The topological polar surface area (TPSA) is 59.2 Å². The van der Waals surface area contributed by atoms with Crippen LogP contribution in [0, 0.1) is 11.8 Å². The molecule has 0 unspecified atom stereocenters. The number of nitrogens with zero attached hydrogens (tertiary/aromatic N) is 3. The van der Waals surface area contributed by atoms with E-state index in [2.05, 4.69) is 43.1 Å². The second-order valence-corrected chi connectivity index (χ2v) is 10.3. The number of likely N-dealkylation sites (tertiary alicyclic amines) is 1. The van der Waals surface area contributed by atoms with Gasteiger partial charge in [-0.05, 0) is 47.8 Å². The highest BCUT2D eigenvalue weighted by Crippen LogP contribution is 2.36. The van der Waals surface area contributed by atoms with Gasteiger partial charge < -0.3 is 9.32 Å². The van der Waals surface area contributed by atoms with Crippen LogP contribution in [0.15, 0.2) is 33.9 Å². The molecule has 1 aromatic heterocycles. The predicted octanol–water partition coefficient (Wildman–Crippen LogP) is 5.16. The molecule has 2 heterocycles. The quantitative estimate of drug-likeness (QED) is 0.648. The zero-order valence-electron chi connectivity index (χ0n) is 17.7. The monoisotopic (exact) mass is 413 g/mol. The van der Waals surface area contributed by atoms with Crippen LogP contribution in [-0.4, -0.2) is 39.8 Å². The van der Waals surface area contributed by atoms with Crippen molar-refractivity contribution < 1.29 is 9.21 Å². The van der Waals surface area contributed by atoms with E-state index in [-0.39, 0.29) is 11.3 Å². The van der Waals surface area contributed by atoms with Gasteiger partial charge in [0.15, 0.2) is 0 Å². The maximum Gasteiger partial charge on any atom is 0.277 e. The molecule has 156 valence electrons. The second-order valence-electron chi connectivity index (χ2n) is 9.42. The lowest BCUT2D eigenvalue weighted by Gasteiger charge is -2.41. The summed E-state index contributed by atoms with van der Waals surface area (Å²) in [4.78, 5) is 14.7. The van der Waals surface area contributed by atoms with Gasteiger partial charge in [-0.25, -0.2) is 0 Å². The molecule has 0 radical (unpaired) electrons. The summed E-state index contributed by atoms with van der Waals surface area (Å²) in [5.41, 5.74) is 2.28. The highest BCUT2D eigenvalue weighted by Gasteiger charge is 2.32. The highest BCUT2D eigenvalue weighted by molar-refractivity contribution is 7.99. The van der Waals surface area contributed by atoms with Crippen LogP contribution >= 0.6 is 11.8 Å². The standard InChI is InChI=1S/C23H31N3O2S/c1-23(2,3)19-10-8-17(9-11-19)21-24-25-22(28-21)29-15-20(27)26-13-12-16-6-4-5-7-18(16)14-26/h8-11,16,18H,4-7,12-15H2,1-3H3/t16-,18-/m0/s1. The van der Waals surface area contributed by atoms with Crippen LogP contribution in [0.5, 0.6) is 0 Å². The molecule has 5 nitrogen and oxygen atoms in total. The Balaban J connectivity index is 1.32. The third-order valence-corrected chi connectivity index (χ3v) is 7.17. The van der Waals surface area contributed by atoms with Crippen LogP contribution in [0.1, 0.15) is 58.4 Å². The van der Waals surface area contributed by atoms with Crippen molar-refractivity contribution in [2.24, 2.45) is 11.8 Å². The first-order valence-corrected chi connectivity index (χ1v) is 11.7. The number of benzene rings is 1. The van der Waals surface area contributed by atoms with E-state index in [1.54, 1.807) is 0 Å². The van der Waals surface area contributed by atoms with Gasteiger partial charge >= 0.3 is 0 Å². The Morgan fingerprint density at radius 3 is 2.55 bits per heavy atom. The molecule has 6 heteroatoms. The molecule has 1 saturated heterocycles. The normalized spacial score (nSPS) is 22.4. The predicted molar refractivity (Wildman–Crippen MR) is 116 cm³/mol. The molecule has 1 amide bonds. The van der Waals surface area contributed by atoms with Crippen molar-refractivity contribution >= 4 is 17.7 Å². The molecular weight excluding hydrogens is 382 g/mol. The van der Waals surface area contributed by atoms with Crippen molar-refractivity contribution in [2.75, 3.05) is 18.8 Å². The number of hydrogen-bond acceptors (Lipinski definition) is 5. The van der Waals surface area contributed by atoms with Gasteiger partial charge in [0.1, 0.15) is 0 Å². The van der Waals surface area contributed by atoms with Crippen molar-refractivity contribution in [3.63, 3.8) is 0 Å². The Labute approximate surface area is 177 Å². The van der Waals surface area contributed by atoms with E-state index in [0.717, 1.165) is 31.0 Å². The summed E-state index contributed by atoms with van der Waals surface area (Å²) >= 11 is 1.34. The molecule has 0 spiro atoms. The molecule has 0 N–H and O–H groups in total. The molecule has 2 atom stereocenters. The Morgan fingerprint density at radius 1 is 1.10 bits per heavy atom. The van der Waals surface area contributed by atoms with Crippen molar-refractivity contribution in [3.8, 4) is 11.5 Å². The molecular formula is C23H31N3O2S. The van der Waals surface area contributed by atoms with Crippen molar-refractivity contribution in [2.45, 2.75) is 63.5 Å². The van der Waals surface area contributed by atoms with Crippen LogP contribution in [-0.2, 0) is 10.2 Å². The summed E-state index contributed by atoms with van der Waals surface area (Å²) < 4.78 is 5.79. The number of thioether (sulfide) groups is 1. The average Bonchev–Trinajstić information content (AvgIpc) is 3.20. The summed E-state index contributed by atoms with van der Waals surface area (Å²) in [7, 11) is 0. The molecule has 2 aromatic rings. The minimum Gasteiger partial charge on any atom is -0.411 e. The van der Waals surface area contributed by atoms with E-state index >= 15 is 0 Å². The Hall–Kier alpha value is -1.82. The minimum atomic E-state index is 0.112. The molecule has 2 fully saturated rings. The molecule has 4 rings (SSSR count). The molecule has 1 aliphatic carbocycles. The van der Waals surface area contributed by atoms with Crippen LogP contribution in [0.2, 0.25) is 0 Å². The smallest absolute Gasteiger partial charge is 0.277 e. The van der Waals surface area contributed by atoms with Gasteiger partial charge in [0.2, 0.25) is 11.8 Å². The minimum absolute atomic E-state index is 0.112. The molecule has 0 bridgehead atoms. The van der Waals surface area contributed by atoms with E-state index in [1.807, 2.05) is 17.0 Å². The summed E-state index contributed by atoms with van der Waals surface area (Å²) in [6, 6.07) is 8.24. The third-order valence-electron chi connectivity index (χ3n) is 6.37. The number of amides is 1. The molecule has 1 aromatic carbocycles. The maximum atomic E-state index is 12.7. The van der Waals surface area contributed by atoms with Crippen LogP contribution in [0.3, 0.4) is 0 Å². The van der Waals surface area contributed by atoms with Crippen molar-refractivity contribution in [1.82, 2.24) is 15.1 Å². The zero-order chi connectivity index (χ0) is 20.4. The number of fused-ring (bicyclic) bond motifs is 1. The fourth-order valence-electron chi connectivity index (χ4n) is 4.54. The Morgan fingerprint density at radius 2 is 1.83 bits per heavy atom. The first kappa shape index (κ1) is 20.5. The average molecular weight is 414 g/mol. The number of aromatic nitrogens is 2. The molecule has 1 saturated carbocycles. The first-order valence-electron chi connectivity index (χ1n) is 10.7. The van der Waals surface area contributed by atoms with Gasteiger partial charge in [0.05, 0.1) is 5.75 Å². The van der Waals surface area contributed by atoms with Crippen LogP contribution in [0.25, 0.3) is 11.5 Å². The summed E-state index contributed by atoms with van der Waals surface area (Å²) in [5, 5.41) is 8.74. The van der Waals surface area contributed by atoms with Gasteiger partial charge in [0, 0.05) is 18.7 Å². The van der Waals surface area contributed by atoms with Gasteiger partial charge in [-0.3, -0.25) is 4.79 Å². The molecule has 29 heavy (non-hydrogen) atoms. The summed E-state index contributed by atoms with van der Waals surface area (Å²) in [6.45, 7) is 8.40. The van der Waals surface area contributed by atoms with Gasteiger partial charge in [-0.15, -0.1) is 10.2 Å². The fraction of sp³-hybridized carbons (Fsp3) is 0.609. The number of hydrogen-bond donors (Lipinski definition) is 0. The lowest BCUT2D eigenvalue weighted by atomic mass is 9.75. The fourth-order valence-corrected chi connectivity index (χ4v) is 5.21. The molecule has 1 aliphatic heterocycles. The lowest BCUT2D eigenvalue weighted by molar-refractivity contribution is -0.131.